The Balaban J connectivity index is 1.22. The van der Waals surface area contributed by atoms with Crippen molar-refractivity contribution in [1.29, 1.82) is 0 Å². The van der Waals surface area contributed by atoms with E-state index >= 15 is 0 Å². The maximum Gasteiger partial charge on any atom is 0.223 e. The van der Waals surface area contributed by atoms with Crippen LogP contribution >= 0.6 is 0 Å². The molecule has 0 unspecified atom stereocenters. The average Bonchev–Trinajstić information content (AvgIpc) is 3.45. The summed E-state index contributed by atoms with van der Waals surface area (Å²) in [4.78, 5) is 18.1. The van der Waals surface area contributed by atoms with Gasteiger partial charge in [-0.25, -0.2) is 0 Å². The zero-order valence-corrected chi connectivity index (χ0v) is 16.2. The minimum Gasteiger partial charge on any atom is -0.361 e. The van der Waals surface area contributed by atoms with Crippen molar-refractivity contribution in [2.45, 2.75) is 51.9 Å². The molecule has 0 atom stereocenters. The number of hydrogen-bond acceptors (Lipinski definition) is 3. The molecule has 2 N–H and O–H groups in total. The zero-order valence-electron chi connectivity index (χ0n) is 16.2. The molecule has 28 heavy (non-hydrogen) atoms. The second kappa shape index (κ2) is 7.43. The number of fused-ring (bicyclic) bond motifs is 2. The van der Waals surface area contributed by atoms with Crippen LogP contribution in [0.25, 0.3) is 10.9 Å². The maximum absolute atomic E-state index is 12.2. The molecule has 0 saturated heterocycles. The second-order valence-corrected chi connectivity index (χ2v) is 8.12. The van der Waals surface area contributed by atoms with Crippen LogP contribution in [0.4, 0.5) is 0 Å². The third-order valence-corrected chi connectivity index (χ3v) is 6.16. The van der Waals surface area contributed by atoms with E-state index in [0.717, 1.165) is 44.7 Å². The number of carbonyl (C=O) groups is 1. The van der Waals surface area contributed by atoms with E-state index in [1.165, 1.54) is 35.0 Å². The van der Waals surface area contributed by atoms with Crippen molar-refractivity contribution in [2.24, 2.45) is 5.92 Å². The lowest BCUT2D eigenvalue weighted by molar-refractivity contribution is -0.124. The van der Waals surface area contributed by atoms with E-state index in [4.69, 9.17) is 5.10 Å². The van der Waals surface area contributed by atoms with Crippen LogP contribution < -0.4 is 5.32 Å². The fourth-order valence-corrected chi connectivity index (χ4v) is 4.63. The van der Waals surface area contributed by atoms with E-state index in [1.54, 1.807) is 0 Å². The van der Waals surface area contributed by atoms with E-state index < -0.39 is 0 Å². The SMILES string of the molecule is O=C(NCc1cc2n(n1)CCN(Cc1cccc3cc[nH]c13)C2)C1CCCC1. The molecule has 6 nitrogen and oxygen atoms in total. The summed E-state index contributed by atoms with van der Waals surface area (Å²) in [5.41, 5.74) is 4.76. The highest BCUT2D eigenvalue weighted by atomic mass is 16.1. The predicted molar refractivity (Wildman–Crippen MR) is 108 cm³/mol. The summed E-state index contributed by atoms with van der Waals surface area (Å²) in [5, 5.41) is 9.05. The topological polar surface area (TPSA) is 66.0 Å². The molecule has 1 fully saturated rings. The Hall–Kier alpha value is -2.60. The number of aromatic nitrogens is 3. The monoisotopic (exact) mass is 377 g/mol. The molecule has 3 heterocycles. The highest BCUT2D eigenvalue weighted by Crippen LogP contribution is 2.25. The van der Waals surface area contributed by atoms with Crippen LogP contribution in [-0.4, -0.2) is 32.1 Å². The molecular formula is C22H27N5O. The molecule has 1 aliphatic heterocycles. The smallest absolute Gasteiger partial charge is 0.223 e. The van der Waals surface area contributed by atoms with Gasteiger partial charge in [0.2, 0.25) is 5.91 Å². The van der Waals surface area contributed by atoms with Gasteiger partial charge in [0.25, 0.3) is 0 Å². The molecule has 5 rings (SSSR count). The summed E-state index contributed by atoms with van der Waals surface area (Å²) in [7, 11) is 0. The highest BCUT2D eigenvalue weighted by Gasteiger charge is 2.23. The van der Waals surface area contributed by atoms with Crippen LogP contribution in [0.1, 0.15) is 42.6 Å². The number of H-pyrrole nitrogens is 1. The van der Waals surface area contributed by atoms with Gasteiger partial charge in [0.05, 0.1) is 24.5 Å². The Morgan fingerprint density at radius 1 is 1.21 bits per heavy atom. The first kappa shape index (κ1) is 17.5. The van der Waals surface area contributed by atoms with Crippen molar-refractivity contribution >= 4 is 16.8 Å². The summed E-state index contributed by atoms with van der Waals surface area (Å²) in [5.74, 6) is 0.410. The standard InChI is InChI=1S/C22H27N5O/c28-22(17-4-1-2-5-17)24-13-19-12-20-15-26(10-11-27(20)25-19)14-18-7-3-6-16-8-9-23-21(16)18/h3,6-9,12,17,23H,1-2,4-5,10-11,13-15H2,(H,24,28). The lowest BCUT2D eigenvalue weighted by Gasteiger charge is -2.27. The van der Waals surface area contributed by atoms with Gasteiger partial charge in [-0.15, -0.1) is 0 Å². The zero-order chi connectivity index (χ0) is 18.9. The third kappa shape index (κ3) is 3.44. The molecule has 2 aromatic heterocycles. The molecule has 2 aliphatic rings. The minimum atomic E-state index is 0.198. The average molecular weight is 377 g/mol. The van der Waals surface area contributed by atoms with Crippen molar-refractivity contribution in [1.82, 2.24) is 25.0 Å². The largest absolute Gasteiger partial charge is 0.361 e. The Kier molecular flexibility index (Phi) is 4.64. The Bertz CT molecular complexity index is 982. The highest BCUT2D eigenvalue weighted by molar-refractivity contribution is 5.82. The van der Waals surface area contributed by atoms with Crippen molar-refractivity contribution in [3.8, 4) is 0 Å². The number of nitrogens with one attached hydrogen (secondary N) is 2. The Morgan fingerprint density at radius 2 is 2.11 bits per heavy atom. The summed E-state index contributed by atoms with van der Waals surface area (Å²) >= 11 is 0. The molecule has 3 aromatic rings. The van der Waals surface area contributed by atoms with Gasteiger partial charge in [-0.2, -0.15) is 5.10 Å². The lowest BCUT2D eigenvalue weighted by Crippen LogP contribution is -2.33. The Morgan fingerprint density at radius 3 is 3.00 bits per heavy atom. The van der Waals surface area contributed by atoms with Crippen molar-refractivity contribution in [3.63, 3.8) is 0 Å². The number of hydrogen-bond donors (Lipinski definition) is 2. The molecule has 1 amide bonds. The first-order valence-electron chi connectivity index (χ1n) is 10.4. The van der Waals surface area contributed by atoms with Crippen LogP contribution in [0, 0.1) is 5.92 Å². The van der Waals surface area contributed by atoms with Crippen LogP contribution in [0.5, 0.6) is 0 Å². The second-order valence-electron chi connectivity index (χ2n) is 8.12. The van der Waals surface area contributed by atoms with Crippen molar-refractivity contribution < 1.29 is 4.79 Å². The van der Waals surface area contributed by atoms with Gasteiger partial charge in [0.15, 0.2) is 0 Å². The molecule has 0 radical (unpaired) electrons. The molecule has 1 aliphatic carbocycles. The van der Waals surface area contributed by atoms with Gasteiger partial charge >= 0.3 is 0 Å². The first-order chi connectivity index (χ1) is 13.8. The van der Waals surface area contributed by atoms with Gasteiger partial charge in [-0.3, -0.25) is 14.4 Å². The van der Waals surface area contributed by atoms with Crippen molar-refractivity contribution in [3.05, 3.63) is 53.5 Å². The van der Waals surface area contributed by atoms with Crippen molar-refractivity contribution in [2.75, 3.05) is 6.54 Å². The number of nitrogens with zero attached hydrogens (tertiary/aromatic N) is 3. The maximum atomic E-state index is 12.2. The fourth-order valence-electron chi connectivity index (χ4n) is 4.63. The quantitative estimate of drug-likeness (QED) is 0.718. The number of rotatable bonds is 5. The molecule has 0 spiro atoms. The van der Waals surface area contributed by atoms with E-state index in [0.29, 0.717) is 6.54 Å². The normalized spacial score (nSPS) is 17.9. The van der Waals surface area contributed by atoms with E-state index in [-0.39, 0.29) is 11.8 Å². The van der Waals surface area contributed by atoms with E-state index in [9.17, 15) is 4.79 Å². The molecule has 0 bridgehead atoms. The molecule has 6 heteroatoms. The molecule has 1 saturated carbocycles. The third-order valence-electron chi connectivity index (χ3n) is 6.16. The Labute approximate surface area is 164 Å². The summed E-state index contributed by atoms with van der Waals surface area (Å²) in [6.07, 6.45) is 6.44. The number of amides is 1. The molecule has 1 aromatic carbocycles. The fraction of sp³-hybridized carbons (Fsp3) is 0.455. The minimum absolute atomic E-state index is 0.198. The number of para-hydroxylation sites is 1. The van der Waals surface area contributed by atoms with E-state index in [2.05, 4.69) is 50.2 Å². The molecular weight excluding hydrogens is 350 g/mol. The van der Waals surface area contributed by atoms with Gasteiger partial charge in [-0.05, 0) is 35.9 Å². The summed E-state index contributed by atoms with van der Waals surface area (Å²) < 4.78 is 2.10. The van der Waals surface area contributed by atoms with Gasteiger partial charge < -0.3 is 10.3 Å². The van der Waals surface area contributed by atoms with Crippen LogP contribution in [0.2, 0.25) is 0 Å². The first-order valence-corrected chi connectivity index (χ1v) is 10.4. The number of benzene rings is 1. The van der Waals surface area contributed by atoms with Gasteiger partial charge in [0, 0.05) is 37.3 Å². The number of carbonyl (C=O) groups excluding carboxylic acids is 1. The summed E-state index contributed by atoms with van der Waals surface area (Å²) in [6.45, 7) is 4.24. The lowest BCUT2D eigenvalue weighted by atomic mass is 10.1. The molecule has 146 valence electrons. The van der Waals surface area contributed by atoms with Crippen LogP contribution in [0.3, 0.4) is 0 Å². The van der Waals surface area contributed by atoms with Gasteiger partial charge in [-0.1, -0.05) is 31.0 Å². The van der Waals surface area contributed by atoms with Crippen LogP contribution in [-0.2, 0) is 31.0 Å². The van der Waals surface area contributed by atoms with Gasteiger partial charge in [0.1, 0.15) is 0 Å². The van der Waals surface area contributed by atoms with E-state index in [1.807, 2.05) is 6.20 Å². The number of aromatic amines is 1. The summed E-state index contributed by atoms with van der Waals surface area (Å²) in [6, 6.07) is 10.7. The van der Waals surface area contributed by atoms with Crippen LogP contribution in [0.15, 0.2) is 36.5 Å². The predicted octanol–water partition coefficient (Wildman–Crippen LogP) is 3.19.